The molecule has 2 aromatic carbocycles. The van der Waals surface area contributed by atoms with Gasteiger partial charge in [-0.2, -0.15) is 0 Å². The number of hydrogen-bond acceptors (Lipinski definition) is 4. The second kappa shape index (κ2) is 7.22. The number of nitrogens with one attached hydrogen (secondary N) is 1. The average Bonchev–Trinajstić information content (AvgIpc) is 2.63. The molecule has 0 fully saturated rings. The van der Waals surface area contributed by atoms with E-state index < -0.39 is 6.04 Å². The van der Waals surface area contributed by atoms with Gasteiger partial charge in [0.2, 0.25) is 5.91 Å². The molecule has 1 aromatic heterocycles. The second-order valence-electron chi connectivity index (χ2n) is 6.32. The Morgan fingerprint density at radius 1 is 1.23 bits per heavy atom. The zero-order chi connectivity index (χ0) is 18.8. The van der Waals surface area contributed by atoms with E-state index in [1.54, 1.807) is 24.4 Å². The van der Waals surface area contributed by atoms with Gasteiger partial charge in [0.15, 0.2) is 0 Å². The van der Waals surface area contributed by atoms with Crippen LogP contribution in [0.4, 0.5) is 5.69 Å². The maximum absolute atomic E-state index is 11.8. The van der Waals surface area contributed by atoms with E-state index in [1.165, 1.54) is 6.92 Å². The maximum Gasteiger partial charge on any atom is 0.217 e. The molecule has 0 spiro atoms. The van der Waals surface area contributed by atoms with Crippen molar-refractivity contribution in [3.63, 3.8) is 0 Å². The number of nitrogens with zero attached hydrogens (tertiary/aromatic N) is 2. The number of carbonyl (C=O) groups excluding carboxylic acids is 1. The Morgan fingerprint density at radius 2 is 1.92 bits per heavy atom. The van der Waals surface area contributed by atoms with Crippen molar-refractivity contribution in [3.8, 4) is 5.75 Å². The Bertz CT molecular complexity index is 955. The molecule has 1 amide bonds. The lowest BCUT2D eigenvalue weighted by Crippen LogP contribution is -2.27. The summed E-state index contributed by atoms with van der Waals surface area (Å²) in [6.07, 6.45) is 1.60. The van der Waals surface area contributed by atoms with Crippen LogP contribution in [0.25, 0.3) is 10.9 Å². The van der Waals surface area contributed by atoms with Crippen LogP contribution >= 0.6 is 11.6 Å². The second-order valence-corrected chi connectivity index (χ2v) is 6.72. The summed E-state index contributed by atoms with van der Waals surface area (Å²) < 4.78 is 0. The third kappa shape index (κ3) is 3.44. The van der Waals surface area contributed by atoms with E-state index in [1.807, 2.05) is 43.3 Å². The summed E-state index contributed by atoms with van der Waals surface area (Å²) in [5.41, 5.74) is 2.80. The van der Waals surface area contributed by atoms with Crippen LogP contribution in [0.5, 0.6) is 5.75 Å². The Kier molecular flexibility index (Phi) is 5.00. The van der Waals surface area contributed by atoms with Crippen LogP contribution in [-0.2, 0) is 4.79 Å². The van der Waals surface area contributed by atoms with Gasteiger partial charge in [0.1, 0.15) is 11.3 Å². The molecular formula is C20H20ClN3O2. The van der Waals surface area contributed by atoms with E-state index in [0.717, 1.165) is 11.3 Å². The standard InChI is InChI=1S/C20H20ClN3O2/c1-12(25)23-18(13-6-8-14(9-7-13)24(2)3)16-11-17(21)15-5-4-10-22-19(15)20(16)26/h4-11,18,26H,1-3H3,(H,23,25)/t18-/m0/s1. The molecule has 0 bridgehead atoms. The summed E-state index contributed by atoms with van der Waals surface area (Å²) in [4.78, 5) is 18.0. The normalized spacial score (nSPS) is 12.0. The van der Waals surface area contributed by atoms with Crippen molar-refractivity contribution in [1.29, 1.82) is 0 Å². The fourth-order valence-corrected chi connectivity index (χ4v) is 3.20. The molecule has 0 saturated carbocycles. The highest BCUT2D eigenvalue weighted by Crippen LogP contribution is 2.38. The number of carbonyl (C=O) groups is 1. The first-order valence-corrected chi connectivity index (χ1v) is 8.56. The third-order valence-electron chi connectivity index (χ3n) is 4.25. The van der Waals surface area contributed by atoms with Crippen molar-refractivity contribution in [1.82, 2.24) is 10.3 Å². The summed E-state index contributed by atoms with van der Waals surface area (Å²) >= 11 is 6.40. The van der Waals surface area contributed by atoms with Gasteiger partial charge < -0.3 is 15.3 Å². The molecule has 1 heterocycles. The van der Waals surface area contributed by atoms with Crippen molar-refractivity contribution in [2.45, 2.75) is 13.0 Å². The molecule has 0 aliphatic heterocycles. The smallest absolute Gasteiger partial charge is 0.217 e. The van der Waals surface area contributed by atoms with E-state index in [9.17, 15) is 9.90 Å². The number of pyridine rings is 1. The monoisotopic (exact) mass is 369 g/mol. The summed E-state index contributed by atoms with van der Waals surface area (Å²) in [5, 5.41) is 14.8. The zero-order valence-corrected chi connectivity index (χ0v) is 15.6. The summed E-state index contributed by atoms with van der Waals surface area (Å²) in [6, 6.07) is 12.5. The predicted molar refractivity (Wildman–Crippen MR) is 105 cm³/mol. The molecule has 0 saturated heterocycles. The number of rotatable bonds is 4. The molecule has 1 atom stereocenters. The molecule has 5 nitrogen and oxygen atoms in total. The van der Waals surface area contributed by atoms with Crippen molar-refractivity contribution >= 4 is 34.1 Å². The van der Waals surface area contributed by atoms with Crippen molar-refractivity contribution in [3.05, 3.63) is 64.8 Å². The van der Waals surface area contributed by atoms with Gasteiger partial charge in [-0.3, -0.25) is 9.78 Å². The largest absolute Gasteiger partial charge is 0.505 e. The number of amides is 1. The Morgan fingerprint density at radius 3 is 2.54 bits per heavy atom. The molecule has 2 N–H and O–H groups in total. The topological polar surface area (TPSA) is 65.5 Å². The number of anilines is 1. The van der Waals surface area contributed by atoms with Crippen LogP contribution in [0.1, 0.15) is 24.1 Å². The van der Waals surface area contributed by atoms with Crippen LogP contribution < -0.4 is 10.2 Å². The highest BCUT2D eigenvalue weighted by Gasteiger charge is 2.22. The highest BCUT2D eigenvalue weighted by molar-refractivity contribution is 6.35. The van der Waals surface area contributed by atoms with Gasteiger partial charge >= 0.3 is 0 Å². The maximum atomic E-state index is 11.8. The molecule has 0 unspecified atom stereocenters. The Labute approximate surface area is 157 Å². The van der Waals surface area contributed by atoms with Gasteiger partial charge in [-0.05, 0) is 35.9 Å². The summed E-state index contributed by atoms with van der Waals surface area (Å²) in [5.74, 6) is -0.191. The lowest BCUT2D eigenvalue weighted by atomic mass is 9.96. The Hall–Kier alpha value is -2.79. The SMILES string of the molecule is CC(=O)N[C@@H](c1ccc(N(C)C)cc1)c1cc(Cl)c2cccnc2c1O. The molecular weight excluding hydrogens is 350 g/mol. The number of halogens is 1. The van der Waals surface area contributed by atoms with Crippen LogP contribution in [0.2, 0.25) is 5.02 Å². The quantitative estimate of drug-likeness (QED) is 0.732. The van der Waals surface area contributed by atoms with Crippen molar-refractivity contribution in [2.24, 2.45) is 0 Å². The number of phenolic OH excluding ortho intramolecular Hbond substituents is 1. The molecule has 26 heavy (non-hydrogen) atoms. The van der Waals surface area contributed by atoms with Crippen molar-refractivity contribution in [2.75, 3.05) is 19.0 Å². The fourth-order valence-electron chi connectivity index (χ4n) is 2.93. The zero-order valence-electron chi connectivity index (χ0n) is 14.8. The molecule has 0 aliphatic rings. The fraction of sp³-hybridized carbons (Fsp3) is 0.200. The van der Waals surface area contributed by atoms with Crippen molar-refractivity contribution < 1.29 is 9.90 Å². The lowest BCUT2D eigenvalue weighted by molar-refractivity contribution is -0.119. The minimum absolute atomic E-state index is 0.0143. The number of phenols is 1. The Balaban J connectivity index is 2.15. The molecule has 134 valence electrons. The molecule has 0 aliphatic carbocycles. The van der Waals surface area contributed by atoms with Gasteiger partial charge in [-0.15, -0.1) is 0 Å². The molecule has 3 aromatic rings. The van der Waals surface area contributed by atoms with E-state index in [0.29, 0.717) is 21.5 Å². The lowest BCUT2D eigenvalue weighted by Gasteiger charge is -2.22. The van der Waals surface area contributed by atoms with Crippen LogP contribution in [-0.4, -0.2) is 30.1 Å². The van der Waals surface area contributed by atoms with Crippen LogP contribution in [0.3, 0.4) is 0 Å². The first-order valence-electron chi connectivity index (χ1n) is 8.19. The average molecular weight is 370 g/mol. The first-order chi connectivity index (χ1) is 12.4. The summed E-state index contributed by atoms with van der Waals surface area (Å²) in [6.45, 7) is 1.44. The first kappa shape index (κ1) is 18.0. The highest BCUT2D eigenvalue weighted by atomic mass is 35.5. The van der Waals surface area contributed by atoms with E-state index >= 15 is 0 Å². The minimum Gasteiger partial charge on any atom is -0.505 e. The van der Waals surface area contributed by atoms with Gasteiger partial charge in [-0.25, -0.2) is 0 Å². The van der Waals surface area contributed by atoms with E-state index in [4.69, 9.17) is 11.6 Å². The van der Waals surface area contributed by atoms with Gasteiger partial charge in [-0.1, -0.05) is 23.7 Å². The van der Waals surface area contributed by atoms with E-state index in [-0.39, 0.29) is 11.7 Å². The number of hydrogen-bond donors (Lipinski definition) is 2. The molecule has 3 rings (SSSR count). The number of aromatic nitrogens is 1. The third-order valence-corrected chi connectivity index (χ3v) is 4.56. The van der Waals surface area contributed by atoms with Gasteiger partial charge in [0.05, 0.1) is 11.1 Å². The van der Waals surface area contributed by atoms with Gasteiger partial charge in [0, 0.05) is 43.9 Å². The molecule has 0 radical (unpaired) electrons. The summed E-state index contributed by atoms with van der Waals surface area (Å²) in [7, 11) is 3.92. The number of aromatic hydroxyl groups is 1. The molecule has 6 heteroatoms. The predicted octanol–water partition coefficient (Wildman–Crippen LogP) is 3.89. The van der Waals surface area contributed by atoms with Gasteiger partial charge in [0.25, 0.3) is 0 Å². The number of benzene rings is 2. The number of fused-ring (bicyclic) bond motifs is 1. The minimum atomic E-state index is -0.535. The van der Waals surface area contributed by atoms with Crippen LogP contribution in [0, 0.1) is 0 Å². The van der Waals surface area contributed by atoms with E-state index in [2.05, 4.69) is 10.3 Å². The van der Waals surface area contributed by atoms with Crippen LogP contribution in [0.15, 0.2) is 48.7 Å².